The van der Waals surface area contributed by atoms with Crippen LogP contribution in [0.1, 0.15) is 10.4 Å². The van der Waals surface area contributed by atoms with Crippen molar-refractivity contribution in [2.75, 3.05) is 0 Å². The van der Waals surface area contributed by atoms with E-state index in [0.29, 0.717) is 4.60 Å². The molecule has 16 heavy (non-hydrogen) atoms. The van der Waals surface area contributed by atoms with Crippen molar-refractivity contribution in [2.45, 2.75) is 13.3 Å². The Bertz CT molecular complexity index is 533. The van der Waals surface area contributed by atoms with Crippen LogP contribution in [-0.2, 0) is 11.2 Å². The molecule has 3 nitrogen and oxygen atoms in total. The fraction of sp³-hybridized carbons (Fsp3) is 0.200. The van der Waals surface area contributed by atoms with E-state index in [9.17, 15) is 4.79 Å². The third-order valence-corrected chi connectivity index (χ3v) is 5.16. The van der Waals surface area contributed by atoms with Gasteiger partial charge >= 0.3 is 5.97 Å². The smallest absolute Gasteiger partial charge is 0.308 e. The molecule has 0 saturated heterocycles. The Morgan fingerprint density at radius 3 is 2.94 bits per heavy atom. The number of aliphatic carboxylic acids is 1. The van der Waals surface area contributed by atoms with E-state index in [1.54, 1.807) is 11.3 Å². The Morgan fingerprint density at radius 2 is 2.38 bits per heavy atom. The van der Waals surface area contributed by atoms with Gasteiger partial charge in [0.15, 0.2) is 0 Å². The van der Waals surface area contributed by atoms with Gasteiger partial charge in [0.2, 0.25) is 0 Å². The average molecular weight is 318 g/mol. The molecule has 0 fully saturated rings. The molecule has 2 heterocycles. The second-order valence-corrected chi connectivity index (χ2v) is 5.99. The molecule has 0 aliphatic rings. The molecule has 0 atom stereocenters. The number of carboxylic acids is 1. The number of aryl methyl sites for hydroxylation is 1. The number of thiophene rings is 1. The predicted molar refractivity (Wildman–Crippen MR) is 69.2 cm³/mol. The van der Waals surface area contributed by atoms with Crippen LogP contribution in [0.15, 0.2) is 16.0 Å². The maximum atomic E-state index is 10.6. The largest absolute Gasteiger partial charge is 0.481 e. The maximum Gasteiger partial charge on any atom is 0.308 e. The highest BCUT2D eigenvalue weighted by Gasteiger charge is 2.15. The molecule has 0 aliphatic carbocycles. The lowest BCUT2D eigenvalue weighted by atomic mass is 10.3. The first-order valence-corrected chi connectivity index (χ1v) is 6.98. The lowest BCUT2D eigenvalue weighted by Gasteiger charge is -1.91. The van der Waals surface area contributed by atoms with Crippen molar-refractivity contribution in [2.24, 2.45) is 0 Å². The minimum Gasteiger partial charge on any atom is -0.481 e. The van der Waals surface area contributed by atoms with Crippen LogP contribution in [0.2, 0.25) is 0 Å². The molecule has 2 rings (SSSR count). The first kappa shape index (κ1) is 11.8. The minimum absolute atomic E-state index is 0.0165. The van der Waals surface area contributed by atoms with Crippen LogP contribution in [0.25, 0.3) is 9.88 Å². The SMILES string of the molecule is Cc1ccsc1-c1nc(Br)c(CC(=O)O)s1. The van der Waals surface area contributed by atoms with Gasteiger partial charge < -0.3 is 5.11 Å². The van der Waals surface area contributed by atoms with E-state index in [0.717, 1.165) is 14.8 Å². The van der Waals surface area contributed by atoms with E-state index in [1.807, 2.05) is 18.4 Å². The first-order valence-electron chi connectivity index (χ1n) is 4.49. The Hall–Kier alpha value is -0.720. The van der Waals surface area contributed by atoms with Gasteiger partial charge in [0.1, 0.15) is 9.61 Å². The fourth-order valence-corrected chi connectivity index (χ4v) is 3.97. The van der Waals surface area contributed by atoms with E-state index in [4.69, 9.17) is 5.11 Å². The number of hydrogen-bond acceptors (Lipinski definition) is 4. The molecule has 1 N–H and O–H groups in total. The quantitative estimate of drug-likeness (QED) is 0.941. The zero-order valence-electron chi connectivity index (χ0n) is 8.36. The molecule has 0 saturated carbocycles. The van der Waals surface area contributed by atoms with E-state index in [1.165, 1.54) is 16.9 Å². The van der Waals surface area contributed by atoms with Crippen molar-refractivity contribution in [3.63, 3.8) is 0 Å². The van der Waals surface area contributed by atoms with Crippen molar-refractivity contribution >= 4 is 44.6 Å². The van der Waals surface area contributed by atoms with Gasteiger partial charge in [0.05, 0.1) is 16.2 Å². The zero-order chi connectivity index (χ0) is 11.7. The molecule has 0 bridgehead atoms. The van der Waals surface area contributed by atoms with Gasteiger partial charge in [0.25, 0.3) is 0 Å². The summed E-state index contributed by atoms with van der Waals surface area (Å²) in [7, 11) is 0. The average Bonchev–Trinajstić information content (AvgIpc) is 2.73. The van der Waals surface area contributed by atoms with Crippen molar-refractivity contribution in [3.8, 4) is 9.88 Å². The molecule has 6 heteroatoms. The van der Waals surface area contributed by atoms with Crippen molar-refractivity contribution in [1.29, 1.82) is 0 Å². The number of nitrogens with zero attached hydrogens (tertiary/aromatic N) is 1. The number of halogens is 1. The molecular formula is C10H8BrNO2S2. The monoisotopic (exact) mass is 317 g/mol. The third kappa shape index (κ3) is 2.34. The number of rotatable bonds is 3. The van der Waals surface area contributed by atoms with E-state index in [2.05, 4.69) is 20.9 Å². The number of carboxylic acid groups (broad SMARTS) is 1. The Kier molecular flexibility index (Phi) is 3.41. The molecule has 0 aromatic carbocycles. The van der Waals surface area contributed by atoms with Crippen molar-refractivity contribution in [1.82, 2.24) is 4.98 Å². The molecular weight excluding hydrogens is 310 g/mol. The van der Waals surface area contributed by atoms with Crippen LogP contribution in [0, 0.1) is 6.92 Å². The Labute approximate surface area is 109 Å². The number of carbonyl (C=O) groups is 1. The summed E-state index contributed by atoms with van der Waals surface area (Å²) in [5.74, 6) is -0.834. The standard InChI is InChI=1S/C10H8BrNO2S2/c1-5-2-3-15-8(5)10-12-9(11)6(16-10)4-7(13)14/h2-3H,4H2,1H3,(H,13,14). The molecule has 0 radical (unpaired) electrons. The van der Waals surface area contributed by atoms with Crippen LogP contribution in [0.4, 0.5) is 0 Å². The highest BCUT2D eigenvalue weighted by Crippen LogP contribution is 2.36. The van der Waals surface area contributed by atoms with Gasteiger partial charge in [-0.2, -0.15) is 0 Å². The second-order valence-electron chi connectivity index (χ2n) is 3.24. The molecule has 2 aromatic heterocycles. The van der Waals surface area contributed by atoms with Gasteiger partial charge in [-0.05, 0) is 39.9 Å². The Morgan fingerprint density at radius 1 is 1.62 bits per heavy atom. The second kappa shape index (κ2) is 4.65. The van der Waals surface area contributed by atoms with Gasteiger partial charge in [-0.1, -0.05) is 0 Å². The molecule has 0 unspecified atom stereocenters. The molecule has 0 aliphatic heterocycles. The van der Waals surface area contributed by atoms with E-state index >= 15 is 0 Å². The summed E-state index contributed by atoms with van der Waals surface area (Å²) in [6.07, 6.45) is 0.0165. The lowest BCUT2D eigenvalue weighted by molar-refractivity contribution is -0.136. The number of thiazole rings is 1. The first-order chi connectivity index (χ1) is 7.58. The topological polar surface area (TPSA) is 50.2 Å². The minimum atomic E-state index is -0.834. The lowest BCUT2D eigenvalue weighted by Crippen LogP contribution is -1.98. The van der Waals surface area contributed by atoms with Gasteiger partial charge in [0, 0.05) is 0 Å². The normalized spacial score (nSPS) is 10.6. The fourth-order valence-electron chi connectivity index (χ4n) is 1.27. The molecule has 0 spiro atoms. The van der Waals surface area contributed by atoms with Crippen LogP contribution in [-0.4, -0.2) is 16.1 Å². The number of aromatic nitrogens is 1. The van der Waals surface area contributed by atoms with Gasteiger partial charge in [-0.3, -0.25) is 4.79 Å². The third-order valence-electron chi connectivity index (χ3n) is 2.02. The van der Waals surface area contributed by atoms with E-state index < -0.39 is 5.97 Å². The highest BCUT2D eigenvalue weighted by atomic mass is 79.9. The van der Waals surface area contributed by atoms with Crippen LogP contribution in [0.3, 0.4) is 0 Å². The summed E-state index contributed by atoms with van der Waals surface area (Å²) in [6.45, 7) is 2.03. The highest BCUT2D eigenvalue weighted by molar-refractivity contribution is 9.10. The summed E-state index contributed by atoms with van der Waals surface area (Å²) in [6, 6.07) is 2.03. The maximum absolute atomic E-state index is 10.6. The van der Waals surface area contributed by atoms with Crippen molar-refractivity contribution in [3.05, 3.63) is 26.5 Å². The Balaban J connectivity index is 2.38. The summed E-state index contributed by atoms with van der Waals surface area (Å²) in [5.41, 5.74) is 1.17. The van der Waals surface area contributed by atoms with Gasteiger partial charge in [-0.15, -0.1) is 22.7 Å². The molecule has 2 aromatic rings. The number of hydrogen-bond donors (Lipinski definition) is 1. The van der Waals surface area contributed by atoms with Gasteiger partial charge in [-0.25, -0.2) is 4.98 Å². The molecule has 0 amide bonds. The summed E-state index contributed by atoms with van der Waals surface area (Å²) in [4.78, 5) is 16.9. The van der Waals surface area contributed by atoms with Crippen LogP contribution in [0.5, 0.6) is 0 Å². The predicted octanol–water partition coefficient (Wildman–Crippen LogP) is 3.57. The van der Waals surface area contributed by atoms with Crippen molar-refractivity contribution < 1.29 is 9.90 Å². The molecule has 84 valence electrons. The van der Waals surface area contributed by atoms with E-state index in [-0.39, 0.29) is 6.42 Å². The summed E-state index contributed by atoms with van der Waals surface area (Å²) in [5, 5.41) is 11.6. The van der Waals surface area contributed by atoms with Crippen LogP contribution < -0.4 is 0 Å². The summed E-state index contributed by atoms with van der Waals surface area (Å²) >= 11 is 6.35. The summed E-state index contributed by atoms with van der Waals surface area (Å²) < 4.78 is 0.641. The zero-order valence-corrected chi connectivity index (χ0v) is 11.6. The van der Waals surface area contributed by atoms with Crippen LogP contribution >= 0.6 is 38.6 Å².